The summed E-state index contributed by atoms with van der Waals surface area (Å²) < 4.78 is 24.0. The van der Waals surface area contributed by atoms with Gasteiger partial charge in [-0.05, 0) is 42.8 Å². The van der Waals surface area contributed by atoms with E-state index in [2.05, 4.69) is 34.9 Å². The molecule has 0 amide bonds. The van der Waals surface area contributed by atoms with Crippen LogP contribution in [-0.2, 0) is 10.0 Å². The summed E-state index contributed by atoms with van der Waals surface area (Å²) in [6.07, 6.45) is 0. The highest BCUT2D eigenvalue weighted by atomic mass is 32.2. The van der Waals surface area contributed by atoms with E-state index >= 15 is 0 Å². The average molecular weight is 389 g/mol. The van der Waals surface area contributed by atoms with Crippen molar-refractivity contribution in [3.8, 4) is 0 Å². The molecule has 26 heavy (non-hydrogen) atoms. The monoisotopic (exact) mass is 388 g/mol. The molecule has 0 atom stereocenters. The van der Waals surface area contributed by atoms with Crippen LogP contribution in [0, 0.1) is 6.92 Å². The number of benzene rings is 2. The summed E-state index contributed by atoms with van der Waals surface area (Å²) >= 11 is 1.74. The van der Waals surface area contributed by atoms with Crippen molar-refractivity contribution in [2.24, 2.45) is 5.14 Å². The van der Waals surface area contributed by atoms with E-state index in [1.165, 1.54) is 10.3 Å². The topological polar surface area (TPSA) is 79.5 Å². The van der Waals surface area contributed by atoms with Crippen LogP contribution in [0.4, 0.5) is 10.8 Å². The molecular formula is C18H20N4O2S2. The second-order valence-corrected chi connectivity index (χ2v) is 9.00. The van der Waals surface area contributed by atoms with Crippen LogP contribution in [0.3, 0.4) is 0 Å². The molecule has 0 bridgehead atoms. The number of para-hydroxylation sites is 1. The maximum Gasteiger partial charge on any atom is 0.238 e. The third-order valence-electron chi connectivity index (χ3n) is 4.69. The Labute approximate surface area is 156 Å². The number of fused-ring (bicyclic) bond motifs is 1. The molecule has 136 valence electrons. The first-order valence-corrected chi connectivity index (χ1v) is 10.8. The van der Waals surface area contributed by atoms with Crippen molar-refractivity contribution in [1.29, 1.82) is 0 Å². The van der Waals surface area contributed by atoms with Crippen LogP contribution >= 0.6 is 11.3 Å². The van der Waals surface area contributed by atoms with Gasteiger partial charge in [-0.1, -0.05) is 23.5 Å². The van der Waals surface area contributed by atoms with Crippen molar-refractivity contribution in [2.45, 2.75) is 11.8 Å². The van der Waals surface area contributed by atoms with Gasteiger partial charge in [-0.25, -0.2) is 18.5 Å². The van der Waals surface area contributed by atoms with Crippen LogP contribution in [0.2, 0.25) is 0 Å². The number of aryl methyl sites for hydroxylation is 1. The Hall–Kier alpha value is -2.16. The lowest BCUT2D eigenvalue weighted by Gasteiger charge is -2.36. The fourth-order valence-corrected chi connectivity index (χ4v) is 4.82. The van der Waals surface area contributed by atoms with Crippen molar-refractivity contribution in [3.63, 3.8) is 0 Å². The van der Waals surface area contributed by atoms with Crippen LogP contribution in [0.15, 0.2) is 47.4 Å². The third kappa shape index (κ3) is 3.27. The Morgan fingerprint density at radius 3 is 2.27 bits per heavy atom. The second-order valence-electron chi connectivity index (χ2n) is 6.43. The highest BCUT2D eigenvalue weighted by Crippen LogP contribution is 2.31. The molecule has 0 aliphatic carbocycles. The molecule has 0 radical (unpaired) electrons. The second kappa shape index (κ2) is 6.53. The average Bonchev–Trinajstić information content (AvgIpc) is 3.07. The van der Waals surface area contributed by atoms with Gasteiger partial charge >= 0.3 is 0 Å². The molecule has 8 heteroatoms. The fraction of sp³-hybridized carbons (Fsp3) is 0.278. The smallest absolute Gasteiger partial charge is 0.238 e. The summed E-state index contributed by atoms with van der Waals surface area (Å²) in [6, 6.07) is 13.0. The number of anilines is 2. The molecule has 1 aliphatic rings. The van der Waals surface area contributed by atoms with Crippen molar-refractivity contribution in [1.82, 2.24) is 4.98 Å². The number of hydrogen-bond acceptors (Lipinski definition) is 6. The Morgan fingerprint density at radius 2 is 1.65 bits per heavy atom. The first kappa shape index (κ1) is 17.3. The molecule has 2 N–H and O–H groups in total. The van der Waals surface area contributed by atoms with Crippen molar-refractivity contribution in [3.05, 3.63) is 48.0 Å². The van der Waals surface area contributed by atoms with Gasteiger partial charge in [0.2, 0.25) is 10.0 Å². The Balaban J connectivity index is 1.47. The molecule has 1 aromatic heterocycles. The quantitative estimate of drug-likeness (QED) is 0.746. The lowest BCUT2D eigenvalue weighted by atomic mass is 10.2. The number of aromatic nitrogens is 1. The molecule has 1 saturated heterocycles. The van der Waals surface area contributed by atoms with E-state index < -0.39 is 10.0 Å². The Kier molecular flexibility index (Phi) is 4.34. The summed E-state index contributed by atoms with van der Waals surface area (Å²) in [6.45, 7) is 5.59. The Bertz CT molecular complexity index is 1040. The van der Waals surface area contributed by atoms with E-state index in [9.17, 15) is 8.42 Å². The number of hydrogen-bond donors (Lipinski definition) is 1. The minimum absolute atomic E-state index is 0.143. The zero-order valence-corrected chi connectivity index (χ0v) is 16.1. The highest BCUT2D eigenvalue weighted by Gasteiger charge is 2.20. The number of sulfonamides is 1. The van der Waals surface area contributed by atoms with Crippen LogP contribution in [0.5, 0.6) is 0 Å². The van der Waals surface area contributed by atoms with Gasteiger partial charge in [0.05, 0.1) is 15.1 Å². The number of nitrogens with two attached hydrogens (primary N) is 1. The summed E-state index contributed by atoms with van der Waals surface area (Å²) in [4.78, 5) is 9.53. The van der Waals surface area contributed by atoms with E-state index in [-0.39, 0.29) is 4.90 Å². The van der Waals surface area contributed by atoms with Gasteiger partial charge in [-0.3, -0.25) is 0 Å². The highest BCUT2D eigenvalue weighted by molar-refractivity contribution is 7.89. The van der Waals surface area contributed by atoms with Crippen LogP contribution in [0.25, 0.3) is 10.2 Å². The number of piperazine rings is 1. The van der Waals surface area contributed by atoms with Crippen LogP contribution in [-0.4, -0.2) is 39.6 Å². The summed E-state index contributed by atoms with van der Waals surface area (Å²) in [5, 5.41) is 6.22. The molecule has 4 rings (SSSR count). The number of thiazole rings is 1. The maximum absolute atomic E-state index is 11.4. The SMILES string of the molecule is Cc1cccc2sc(N3CCN(c4ccc(S(N)(=O)=O)cc4)CC3)nc12. The largest absolute Gasteiger partial charge is 0.368 e. The molecule has 3 aromatic rings. The lowest BCUT2D eigenvalue weighted by Crippen LogP contribution is -2.46. The predicted octanol–water partition coefficient (Wildman–Crippen LogP) is 2.58. The standard InChI is InChI=1S/C18H20N4O2S2/c1-13-3-2-4-16-17(13)20-18(25-16)22-11-9-21(10-12-22)14-5-7-15(8-6-14)26(19,23)24/h2-8H,9-12H2,1H3,(H2,19,23,24). The van der Waals surface area contributed by atoms with Crippen molar-refractivity contribution in [2.75, 3.05) is 36.0 Å². The zero-order valence-electron chi connectivity index (χ0n) is 14.4. The maximum atomic E-state index is 11.4. The predicted molar refractivity (Wildman–Crippen MR) is 107 cm³/mol. The minimum Gasteiger partial charge on any atom is -0.368 e. The normalized spacial score (nSPS) is 15.6. The van der Waals surface area contributed by atoms with Crippen LogP contribution < -0.4 is 14.9 Å². The first-order chi connectivity index (χ1) is 12.4. The molecule has 2 aromatic carbocycles. The van der Waals surface area contributed by atoms with Gasteiger partial charge in [-0.15, -0.1) is 0 Å². The lowest BCUT2D eigenvalue weighted by molar-refractivity contribution is 0.597. The number of nitrogens with zero attached hydrogens (tertiary/aromatic N) is 3. The van der Waals surface area contributed by atoms with Gasteiger partial charge < -0.3 is 9.80 Å². The molecular weight excluding hydrogens is 368 g/mol. The van der Waals surface area contributed by atoms with E-state index in [1.54, 1.807) is 23.5 Å². The van der Waals surface area contributed by atoms with Crippen LogP contribution in [0.1, 0.15) is 5.56 Å². The van der Waals surface area contributed by atoms with Gasteiger partial charge in [0.25, 0.3) is 0 Å². The van der Waals surface area contributed by atoms with E-state index in [0.717, 1.165) is 42.5 Å². The van der Waals surface area contributed by atoms with Gasteiger partial charge in [0, 0.05) is 31.9 Å². The molecule has 0 unspecified atom stereocenters. The summed E-state index contributed by atoms with van der Waals surface area (Å²) in [7, 11) is -3.65. The first-order valence-electron chi connectivity index (χ1n) is 8.41. The molecule has 2 heterocycles. The van der Waals surface area contributed by atoms with Crippen molar-refractivity contribution >= 4 is 42.4 Å². The molecule has 6 nitrogen and oxygen atoms in total. The van der Waals surface area contributed by atoms with E-state index in [1.807, 2.05) is 12.1 Å². The summed E-state index contributed by atoms with van der Waals surface area (Å²) in [5.74, 6) is 0. The third-order valence-corrected chi connectivity index (χ3v) is 6.70. The van der Waals surface area contributed by atoms with E-state index in [4.69, 9.17) is 10.1 Å². The van der Waals surface area contributed by atoms with E-state index in [0.29, 0.717) is 0 Å². The number of primary sulfonamides is 1. The fourth-order valence-electron chi connectivity index (χ4n) is 3.21. The van der Waals surface area contributed by atoms with Gasteiger partial charge in [0.1, 0.15) is 0 Å². The molecule has 1 aliphatic heterocycles. The summed E-state index contributed by atoms with van der Waals surface area (Å²) in [5.41, 5.74) is 3.31. The molecule has 0 saturated carbocycles. The van der Waals surface area contributed by atoms with Crippen molar-refractivity contribution < 1.29 is 8.42 Å². The molecule has 1 fully saturated rings. The van der Waals surface area contributed by atoms with Gasteiger partial charge in [0.15, 0.2) is 5.13 Å². The minimum atomic E-state index is -3.65. The van der Waals surface area contributed by atoms with Gasteiger partial charge in [-0.2, -0.15) is 0 Å². The Morgan fingerprint density at radius 1 is 1.00 bits per heavy atom. The number of rotatable bonds is 3. The zero-order chi connectivity index (χ0) is 18.3. The molecule has 0 spiro atoms.